The van der Waals surface area contributed by atoms with Crippen LogP contribution in [0.4, 0.5) is 5.69 Å². The molecule has 0 bridgehead atoms. The molecule has 1 aromatic carbocycles. The van der Waals surface area contributed by atoms with Crippen LogP contribution in [0.2, 0.25) is 0 Å². The SMILES string of the molecule is CC[C@H](N)c1ccc(N(C)CCC(C)C)cc1. The lowest BCUT2D eigenvalue weighted by Gasteiger charge is -2.21. The molecule has 1 rings (SSSR count). The van der Waals surface area contributed by atoms with Crippen LogP contribution in [0.3, 0.4) is 0 Å². The Morgan fingerprint density at radius 2 is 1.76 bits per heavy atom. The monoisotopic (exact) mass is 234 g/mol. The van der Waals surface area contributed by atoms with E-state index in [-0.39, 0.29) is 6.04 Å². The van der Waals surface area contributed by atoms with E-state index in [1.54, 1.807) is 0 Å². The molecule has 0 fully saturated rings. The Morgan fingerprint density at radius 1 is 1.18 bits per heavy atom. The molecular formula is C15H26N2. The van der Waals surface area contributed by atoms with E-state index in [0.717, 1.165) is 18.9 Å². The summed E-state index contributed by atoms with van der Waals surface area (Å²) in [5.74, 6) is 0.755. The zero-order valence-corrected chi connectivity index (χ0v) is 11.6. The molecule has 0 aliphatic rings. The lowest BCUT2D eigenvalue weighted by Crippen LogP contribution is -2.20. The highest BCUT2D eigenvalue weighted by Crippen LogP contribution is 2.19. The highest BCUT2D eigenvalue weighted by atomic mass is 15.1. The summed E-state index contributed by atoms with van der Waals surface area (Å²) in [6, 6.07) is 8.81. The van der Waals surface area contributed by atoms with Crippen molar-refractivity contribution >= 4 is 5.69 Å². The van der Waals surface area contributed by atoms with E-state index < -0.39 is 0 Å². The average molecular weight is 234 g/mol. The minimum Gasteiger partial charge on any atom is -0.375 e. The fourth-order valence-corrected chi connectivity index (χ4v) is 1.79. The second-order valence-corrected chi connectivity index (χ2v) is 5.21. The lowest BCUT2D eigenvalue weighted by atomic mass is 10.0. The summed E-state index contributed by atoms with van der Waals surface area (Å²) < 4.78 is 0. The minimum absolute atomic E-state index is 0.171. The Morgan fingerprint density at radius 3 is 2.24 bits per heavy atom. The molecule has 0 amide bonds. The average Bonchev–Trinajstić information content (AvgIpc) is 2.35. The molecule has 0 aliphatic carbocycles. The van der Waals surface area contributed by atoms with Crippen LogP contribution in [0.25, 0.3) is 0 Å². The van der Waals surface area contributed by atoms with Gasteiger partial charge >= 0.3 is 0 Å². The van der Waals surface area contributed by atoms with Gasteiger partial charge in [-0.1, -0.05) is 32.9 Å². The van der Waals surface area contributed by atoms with Crippen molar-refractivity contribution in [2.75, 3.05) is 18.5 Å². The molecule has 2 N–H and O–H groups in total. The Hall–Kier alpha value is -1.02. The third-order valence-electron chi connectivity index (χ3n) is 3.24. The van der Waals surface area contributed by atoms with E-state index in [4.69, 9.17) is 5.73 Å². The summed E-state index contributed by atoms with van der Waals surface area (Å²) in [6.07, 6.45) is 2.22. The molecule has 1 aromatic rings. The van der Waals surface area contributed by atoms with E-state index in [2.05, 4.69) is 57.0 Å². The number of hydrogen-bond donors (Lipinski definition) is 1. The highest BCUT2D eigenvalue weighted by Gasteiger charge is 2.05. The molecule has 0 saturated heterocycles. The van der Waals surface area contributed by atoms with E-state index in [0.29, 0.717) is 0 Å². The highest BCUT2D eigenvalue weighted by molar-refractivity contribution is 5.47. The normalized spacial score (nSPS) is 12.8. The smallest absolute Gasteiger partial charge is 0.0363 e. The van der Waals surface area contributed by atoms with E-state index in [1.165, 1.54) is 17.7 Å². The Bertz CT molecular complexity index is 316. The van der Waals surface area contributed by atoms with Crippen molar-refractivity contribution < 1.29 is 0 Å². The second kappa shape index (κ2) is 6.65. The van der Waals surface area contributed by atoms with E-state index in [1.807, 2.05) is 0 Å². The number of hydrogen-bond acceptors (Lipinski definition) is 2. The van der Waals surface area contributed by atoms with Gasteiger partial charge in [0.25, 0.3) is 0 Å². The van der Waals surface area contributed by atoms with Gasteiger partial charge in [0.2, 0.25) is 0 Å². The summed E-state index contributed by atoms with van der Waals surface area (Å²) in [4.78, 5) is 2.31. The van der Waals surface area contributed by atoms with Crippen molar-refractivity contribution in [2.24, 2.45) is 11.7 Å². The fourth-order valence-electron chi connectivity index (χ4n) is 1.79. The maximum atomic E-state index is 6.01. The molecule has 0 aromatic heterocycles. The topological polar surface area (TPSA) is 29.3 Å². The number of nitrogens with zero attached hydrogens (tertiary/aromatic N) is 1. The third-order valence-corrected chi connectivity index (χ3v) is 3.24. The van der Waals surface area contributed by atoms with Crippen LogP contribution in [0.1, 0.15) is 45.2 Å². The second-order valence-electron chi connectivity index (χ2n) is 5.21. The van der Waals surface area contributed by atoms with Gasteiger partial charge in [-0.05, 0) is 36.5 Å². The van der Waals surface area contributed by atoms with Gasteiger partial charge in [0.05, 0.1) is 0 Å². The summed E-state index contributed by atoms with van der Waals surface area (Å²) in [5, 5.41) is 0. The van der Waals surface area contributed by atoms with Gasteiger partial charge in [-0.25, -0.2) is 0 Å². The van der Waals surface area contributed by atoms with Crippen molar-refractivity contribution in [3.05, 3.63) is 29.8 Å². The number of benzene rings is 1. The summed E-state index contributed by atoms with van der Waals surface area (Å²) in [5.41, 5.74) is 8.51. The molecule has 0 radical (unpaired) electrons. The first-order chi connectivity index (χ1) is 8.04. The molecule has 2 nitrogen and oxygen atoms in total. The molecule has 0 saturated carbocycles. The molecule has 96 valence electrons. The number of anilines is 1. The molecular weight excluding hydrogens is 208 g/mol. The van der Waals surface area contributed by atoms with Crippen molar-refractivity contribution in [3.8, 4) is 0 Å². The molecule has 17 heavy (non-hydrogen) atoms. The standard InChI is InChI=1S/C15H26N2/c1-5-15(16)13-6-8-14(9-7-13)17(4)11-10-12(2)3/h6-9,12,15H,5,10-11,16H2,1-4H3/t15-/m0/s1. The summed E-state index contributed by atoms with van der Waals surface area (Å²) in [6.45, 7) is 7.75. The van der Waals surface area contributed by atoms with Crippen molar-refractivity contribution in [2.45, 2.75) is 39.7 Å². The van der Waals surface area contributed by atoms with Crippen LogP contribution in [-0.2, 0) is 0 Å². The third kappa shape index (κ3) is 4.39. The Kier molecular flexibility index (Phi) is 5.49. The van der Waals surface area contributed by atoms with Gasteiger partial charge in [-0.15, -0.1) is 0 Å². The lowest BCUT2D eigenvalue weighted by molar-refractivity contribution is 0.585. The molecule has 0 spiro atoms. The summed E-state index contributed by atoms with van der Waals surface area (Å²) >= 11 is 0. The number of rotatable bonds is 6. The van der Waals surface area contributed by atoms with E-state index in [9.17, 15) is 0 Å². The van der Waals surface area contributed by atoms with Gasteiger partial charge in [0.15, 0.2) is 0 Å². The van der Waals surface area contributed by atoms with Crippen LogP contribution in [0, 0.1) is 5.92 Å². The van der Waals surface area contributed by atoms with Crippen LogP contribution in [0.5, 0.6) is 0 Å². The maximum absolute atomic E-state index is 6.01. The van der Waals surface area contributed by atoms with Crippen molar-refractivity contribution in [1.29, 1.82) is 0 Å². The fraction of sp³-hybridized carbons (Fsp3) is 0.600. The van der Waals surface area contributed by atoms with Gasteiger partial charge < -0.3 is 10.6 Å². The van der Waals surface area contributed by atoms with Crippen LogP contribution in [0.15, 0.2) is 24.3 Å². The van der Waals surface area contributed by atoms with Gasteiger partial charge in [-0.2, -0.15) is 0 Å². The largest absolute Gasteiger partial charge is 0.375 e. The van der Waals surface area contributed by atoms with E-state index >= 15 is 0 Å². The first-order valence-corrected chi connectivity index (χ1v) is 6.61. The molecule has 0 aliphatic heterocycles. The predicted molar refractivity (Wildman–Crippen MR) is 76.4 cm³/mol. The number of nitrogens with two attached hydrogens (primary N) is 1. The zero-order valence-electron chi connectivity index (χ0n) is 11.6. The van der Waals surface area contributed by atoms with Gasteiger partial charge in [0, 0.05) is 25.3 Å². The molecule has 0 heterocycles. The minimum atomic E-state index is 0.171. The molecule has 1 atom stereocenters. The van der Waals surface area contributed by atoms with Gasteiger partial charge in [0.1, 0.15) is 0 Å². The predicted octanol–water partition coefficient (Wildman–Crippen LogP) is 3.58. The summed E-state index contributed by atoms with van der Waals surface area (Å²) in [7, 11) is 2.15. The first kappa shape index (κ1) is 14.0. The van der Waals surface area contributed by atoms with Crippen molar-refractivity contribution in [3.63, 3.8) is 0 Å². The van der Waals surface area contributed by atoms with Crippen LogP contribution < -0.4 is 10.6 Å². The van der Waals surface area contributed by atoms with Crippen LogP contribution >= 0.6 is 0 Å². The maximum Gasteiger partial charge on any atom is 0.0363 e. The quantitative estimate of drug-likeness (QED) is 0.815. The first-order valence-electron chi connectivity index (χ1n) is 6.61. The molecule has 0 unspecified atom stereocenters. The zero-order chi connectivity index (χ0) is 12.8. The van der Waals surface area contributed by atoms with Gasteiger partial charge in [-0.3, -0.25) is 0 Å². The Labute approximate surface area is 106 Å². The van der Waals surface area contributed by atoms with Crippen LogP contribution in [-0.4, -0.2) is 13.6 Å². The molecule has 2 heteroatoms. The van der Waals surface area contributed by atoms with Crippen molar-refractivity contribution in [1.82, 2.24) is 0 Å². The Balaban J connectivity index is 2.60.